The zero-order valence-corrected chi connectivity index (χ0v) is 35.4. The maximum Gasteiger partial charge on any atom is 0.329 e. The zero-order chi connectivity index (χ0) is 45.1. The van der Waals surface area contributed by atoms with Crippen molar-refractivity contribution in [2.45, 2.75) is 50.2 Å². The number of nitrogens with zero attached hydrogens (tertiary/aromatic N) is 5. The van der Waals surface area contributed by atoms with Crippen LogP contribution in [0, 0.1) is 11.7 Å². The molecule has 5 aromatic rings. The summed E-state index contributed by atoms with van der Waals surface area (Å²) in [6.07, 6.45) is 0.869. The van der Waals surface area contributed by atoms with Crippen LogP contribution >= 0.6 is 0 Å². The molecule has 4 amide bonds. The first-order valence-corrected chi connectivity index (χ1v) is 22.3. The van der Waals surface area contributed by atoms with Crippen molar-refractivity contribution in [1.29, 1.82) is 0 Å². The number of ether oxygens (including phenoxy) is 2. The lowest BCUT2D eigenvalue weighted by molar-refractivity contribution is -0.136. The minimum atomic E-state index is -4.39. The van der Waals surface area contributed by atoms with Crippen molar-refractivity contribution in [2.75, 3.05) is 50.2 Å². The Labute approximate surface area is 364 Å². The lowest BCUT2D eigenvalue weighted by atomic mass is 9.86. The van der Waals surface area contributed by atoms with Gasteiger partial charge in [0.15, 0.2) is 5.82 Å². The van der Waals surface area contributed by atoms with Crippen LogP contribution in [0.15, 0.2) is 77.6 Å². The molecule has 5 heterocycles. The average molecular weight is 904 g/mol. The monoisotopic (exact) mass is 903 g/mol. The summed E-state index contributed by atoms with van der Waals surface area (Å²) < 4.78 is 91.1. The summed E-state index contributed by atoms with van der Waals surface area (Å²) in [4.78, 5) is 66.1. The normalized spacial score (nSPS) is 22.2. The fourth-order valence-corrected chi connectivity index (χ4v) is 10.4. The number of aromatic nitrogens is 2. The summed E-state index contributed by atoms with van der Waals surface area (Å²) >= 11 is 0. The number of aryl methyl sites for hydroxylation is 1. The molecule has 0 aliphatic carbocycles. The average Bonchev–Trinajstić information content (AvgIpc) is 3.92. The van der Waals surface area contributed by atoms with Gasteiger partial charge in [-0.2, -0.15) is 8.42 Å². The van der Waals surface area contributed by atoms with Crippen LogP contribution in [0.25, 0.3) is 21.8 Å². The molecule has 4 aliphatic heterocycles. The van der Waals surface area contributed by atoms with E-state index in [4.69, 9.17) is 9.47 Å². The van der Waals surface area contributed by atoms with Crippen molar-refractivity contribution in [3.8, 4) is 11.5 Å². The number of halogens is 3. The number of hydrogen-bond acceptors (Lipinski definition) is 10. The van der Waals surface area contributed by atoms with Gasteiger partial charge in [0, 0.05) is 37.9 Å². The number of rotatable bonds is 11. The number of piperidine rings is 2. The molecule has 4 saturated heterocycles. The Hall–Kier alpha value is -6.41. The Bertz CT molecular complexity index is 2890. The number of imide groups is 1. The number of fused-ring (bicyclic) bond motifs is 2. The highest BCUT2D eigenvalue weighted by Crippen LogP contribution is 2.43. The number of nitrogens with one attached hydrogen (secondary N) is 2. The molecule has 9 rings (SSSR count). The van der Waals surface area contributed by atoms with Crippen LogP contribution in [0.2, 0.25) is 0 Å². The molecular formula is C44H44F3N7O9S. The Morgan fingerprint density at radius 1 is 0.906 bits per heavy atom. The van der Waals surface area contributed by atoms with Gasteiger partial charge < -0.3 is 14.4 Å². The first-order chi connectivity index (χ1) is 30.6. The SMILES string of the molecule is Cn1c(=O)n(C2CCC(=O)NC2=O)c2ccc(C3CCN(CC(=O)N4CC[C@@H](COc5ccc6cc(OCc7ccccc7)c(N7CC(=O)NS7(=O)=O)c(F)c6c5)C4)CC3(F)F)cc21. The molecular weight excluding hydrogens is 860 g/mol. The number of likely N-dealkylation sites (tertiary alicyclic amines) is 2. The van der Waals surface area contributed by atoms with Gasteiger partial charge >= 0.3 is 15.9 Å². The van der Waals surface area contributed by atoms with Gasteiger partial charge in [-0.1, -0.05) is 42.5 Å². The summed E-state index contributed by atoms with van der Waals surface area (Å²) in [5.74, 6) is -7.31. The van der Waals surface area contributed by atoms with E-state index in [1.54, 1.807) is 59.5 Å². The molecule has 16 nitrogen and oxygen atoms in total. The largest absolute Gasteiger partial charge is 0.493 e. The van der Waals surface area contributed by atoms with E-state index in [-0.39, 0.29) is 74.3 Å². The number of alkyl halides is 2. The van der Waals surface area contributed by atoms with E-state index in [0.717, 1.165) is 5.56 Å². The second kappa shape index (κ2) is 16.6. The predicted octanol–water partition coefficient (Wildman–Crippen LogP) is 3.72. The Kier molecular flexibility index (Phi) is 11.1. The molecule has 0 bridgehead atoms. The highest BCUT2D eigenvalue weighted by molar-refractivity contribution is 7.92. The zero-order valence-electron chi connectivity index (χ0n) is 34.6. The van der Waals surface area contributed by atoms with Crippen molar-refractivity contribution in [3.63, 3.8) is 0 Å². The summed E-state index contributed by atoms with van der Waals surface area (Å²) in [6, 6.07) is 19.0. The highest BCUT2D eigenvalue weighted by atomic mass is 32.2. The van der Waals surface area contributed by atoms with Crippen LogP contribution in [-0.4, -0.2) is 103 Å². The van der Waals surface area contributed by atoms with Crippen molar-refractivity contribution in [3.05, 3.63) is 100 Å². The van der Waals surface area contributed by atoms with Gasteiger partial charge in [0.25, 0.3) is 11.8 Å². The van der Waals surface area contributed by atoms with Gasteiger partial charge in [0.1, 0.15) is 36.4 Å². The quantitative estimate of drug-likeness (QED) is 0.186. The summed E-state index contributed by atoms with van der Waals surface area (Å²) in [5, 5.41) is 2.69. The van der Waals surface area contributed by atoms with Gasteiger partial charge in [-0.05, 0) is 72.7 Å². The van der Waals surface area contributed by atoms with Crippen LogP contribution in [0.4, 0.5) is 18.9 Å². The number of hydrogen-bond donors (Lipinski definition) is 2. The van der Waals surface area contributed by atoms with E-state index in [9.17, 15) is 32.4 Å². The molecule has 1 aromatic heterocycles. The third-order valence-corrected chi connectivity index (χ3v) is 13.9. The molecule has 0 radical (unpaired) electrons. The number of carbonyl (C=O) groups is 4. The smallest absolute Gasteiger partial charge is 0.329 e. The van der Waals surface area contributed by atoms with E-state index >= 15 is 13.2 Å². The molecule has 64 heavy (non-hydrogen) atoms. The second-order valence-corrected chi connectivity index (χ2v) is 18.4. The third-order valence-electron chi connectivity index (χ3n) is 12.5. The maximum atomic E-state index is 16.4. The van der Waals surface area contributed by atoms with E-state index < -0.39 is 76.1 Å². The number of amides is 4. The standard InChI is InChI=1S/C44H44F3N7O9S/c1-50-35-17-29(8-10-33(35)54(43(50)59)34-11-12-37(55)48-42(34)58)32-14-15-51(25-44(32,46)47)22-39(57)52-16-13-27(20-52)24-62-30-9-7-28-18-36(63-23-26-5-3-2-4-6-26)41(40(45)31(28)19-30)53-21-38(56)49-64(53,60)61/h2-10,17-19,27,32,34H,11-16,20-25H2,1H3,(H,49,56)(H,48,55,58)/t27-,32?,34?/m1/s1. The first kappa shape index (κ1) is 42.9. The molecule has 20 heteroatoms. The van der Waals surface area contributed by atoms with Crippen LogP contribution in [0.5, 0.6) is 11.5 Å². The van der Waals surface area contributed by atoms with Crippen LogP contribution in [-0.2, 0) is 43.0 Å². The molecule has 2 unspecified atom stereocenters. The fourth-order valence-electron chi connectivity index (χ4n) is 9.19. The second-order valence-electron chi connectivity index (χ2n) is 16.8. The van der Waals surface area contributed by atoms with Crippen molar-refractivity contribution in [1.82, 2.24) is 29.0 Å². The predicted molar refractivity (Wildman–Crippen MR) is 227 cm³/mol. The van der Waals surface area contributed by atoms with Crippen LogP contribution in [0.1, 0.15) is 48.8 Å². The number of carbonyl (C=O) groups excluding carboxylic acids is 4. The Morgan fingerprint density at radius 3 is 2.44 bits per heavy atom. The fraction of sp³-hybridized carbons (Fsp3) is 0.386. The highest BCUT2D eigenvalue weighted by Gasteiger charge is 2.46. The summed E-state index contributed by atoms with van der Waals surface area (Å²) in [5.41, 5.74) is 0.978. The van der Waals surface area contributed by atoms with E-state index in [0.29, 0.717) is 45.8 Å². The molecule has 3 atom stereocenters. The van der Waals surface area contributed by atoms with Gasteiger partial charge in [-0.25, -0.2) is 27.0 Å². The van der Waals surface area contributed by atoms with Crippen LogP contribution < -0.4 is 29.5 Å². The number of benzene rings is 4. The van der Waals surface area contributed by atoms with E-state index in [2.05, 4.69) is 5.32 Å². The van der Waals surface area contributed by atoms with E-state index in [1.807, 2.05) is 10.8 Å². The summed E-state index contributed by atoms with van der Waals surface area (Å²) in [7, 11) is -2.88. The van der Waals surface area contributed by atoms with Crippen molar-refractivity contribution >= 4 is 61.3 Å². The topological polar surface area (TPSA) is 182 Å². The van der Waals surface area contributed by atoms with E-state index in [1.165, 1.54) is 33.2 Å². The number of anilines is 1. The minimum Gasteiger partial charge on any atom is -0.493 e. The molecule has 0 saturated carbocycles. The van der Waals surface area contributed by atoms with Gasteiger partial charge in [-0.3, -0.25) is 38.5 Å². The molecule has 4 fully saturated rings. The lowest BCUT2D eigenvalue weighted by Gasteiger charge is -2.38. The van der Waals surface area contributed by atoms with Crippen LogP contribution in [0.3, 0.4) is 0 Å². The molecule has 4 aliphatic rings. The Morgan fingerprint density at radius 2 is 1.70 bits per heavy atom. The number of imidazole rings is 1. The van der Waals surface area contributed by atoms with Gasteiger partial charge in [0.05, 0.1) is 36.6 Å². The van der Waals surface area contributed by atoms with Gasteiger partial charge in [-0.15, -0.1) is 0 Å². The Balaban J connectivity index is 0.825. The van der Waals surface area contributed by atoms with Crippen molar-refractivity contribution in [2.24, 2.45) is 13.0 Å². The molecule has 2 N–H and O–H groups in total. The maximum absolute atomic E-state index is 16.4. The molecule has 0 spiro atoms. The van der Waals surface area contributed by atoms with Gasteiger partial charge in [0.2, 0.25) is 17.7 Å². The summed E-state index contributed by atoms with van der Waals surface area (Å²) in [6.45, 7) is -0.342. The van der Waals surface area contributed by atoms with Crippen molar-refractivity contribution < 1.29 is 50.2 Å². The molecule has 4 aromatic carbocycles. The molecule has 336 valence electrons. The lowest BCUT2D eigenvalue weighted by Crippen LogP contribution is -2.50. The first-order valence-electron chi connectivity index (χ1n) is 20.9. The third kappa shape index (κ3) is 8.15. The minimum absolute atomic E-state index is 0.0110.